The van der Waals surface area contributed by atoms with Crippen LogP contribution in [0, 0.1) is 0 Å². The average molecular weight is 452 g/mol. The molecule has 1 fully saturated rings. The fraction of sp³-hybridized carbons (Fsp3) is 0.400. The zero-order valence-electron chi connectivity index (χ0n) is 17.2. The van der Waals surface area contributed by atoms with Crippen LogP contribution in [0.5, 0.6) is 0 Å². The number of alkyl halides is 3. The van der Waals surface area contributed by atoms with Crippen LogP contribution in [0.25, 0.3) is 11.0 Å². The quantitative estimate of drug-likeness (QED) is 0.479. The van der Waals surface area contributed by atoms with Gasteiger partial charge in [-0.1, -0.05) is 6.07 Å². The first-order valence-corrected chi connectivity index (χ1v) is 9.94. The average Bonchev–Trinajstić information content (AvgIpc) is 3.14. The number of carboxylic acids is 1. The zero-order chi connectivity index (χ0) is 23.3. The lowest BCUT2D eigenvalue weighted by atomic mass is 10.0. The van der Waals surface area contributed by atoms with Crippen molar-refractivity contribution in [2.45, 2.75) is 38.0 Å². The molecule has 0 aliphatic carbocycles. The Labute approximate surface area is 180 Å². The second kappa shape index (κ2) is 9.81. The third kappa shape index (κ3) is 6.06. The van der Waals surface area contributed by atoms with Gasteiger partial charge in [0.2, 0.25) is 0 Å². The maximum Gasteiger partial charge on any atom is 0.490 e. The first kappa shape index (κ1) is 23.3. The van der Waals surface area contributed by atoms with E-state index in [9.17, 15) is 18.0 Å². The third-order valence-electron chi connectivity index (χ3n) is 5.15. The van der Waals surface area contributed by atoms with Crippen molar-refractivity contribution in [2.24, 2.45) is 0 Å². The lowest BCUT2D eigenvalue weighted by molar-refractivity contribution is -0.192. The number of carbonyl (C=O) groups is 1. The molecule has 1 aliphatic rings. The van der Waals surface area contributed by atoms with Gasteiger partial charge in [0.25, 0.3) is 0 Å². The summed E-state index contributed by atoms with van der Waals surface area (Å²) in [6.07, 6.45) is -1.23. The van der Waals surface area contributed by atoms with E-state index in [2.05, 4.69) is 43.4 Å². The summed E-state index contributed by atoms with van der Waals surface area (Å²) in [6, 6.07) is 10.7. The number of aromatic nitrogens is 4. The minimum atomic E-state index is -5.08. The maximum absolute atomic E-state index is 11.4. The highest BCUT2D eigenvalue weighted by atomic mass is 19.4. The van der Waals surface area contributed by atoms with E-state index >= 15 is 0 Å². The summed E-state index contributed by atoms with van der Waals surface area (Å²) in [7, 11) is 0. The summed E-state index contributed by atoms with van der Waals surface area (Å²) in [5.41, 5.74) is 2.72. The van der Waals surface area contributed by atoms with Gasteiger partial charge in [-0.25, -0.2) is 9.59 Å². The number of nitrogens with one attached hydrogen (secondary N) is 3. The Hall–Kier alpha value is -3.41. The van der Waals surface area contributed by atoms with Gasteiger partial charge < -0.3 is 25.3 Å². The van der Waals surface area contributed by atoms with Crippen LogP contribution < -0.4 is 15.9 Å². The standard InChI is InChI=1S/C18H22N6O.C2HF3O2/c1-12(13-4-5-15-16(11-13)22-18(25)21-15)20-14-6-9-24(10-7-14)17-3-2-8-19-23-17;3-2(4,5)1(6)7/h2-5,8,11-12,14,20H,6-7,9-10H2,1H3,(H2,21,22,25);(H,6,7). The van der Waals surface area contributed by atoms with Crippen molar-refractivity contribution in [3.05, 3.63) is 52.6 Å². The second-order valence-corrected chi connectivity index (χ2v) is 7.42. The van der Waals surface area contributed by atoms with Crippen LogP contribution in [0.15, 0.2) is 41.3 Å². The van der Waals surface area contributed by atoms with Gasteiger partial charge in [-0.3, -0.25) is 0 Å². The van der Waals surface area contributed by atoms with E-state index in [-0.39, 0.29) is 11.7 Å². The molecule has 1 saturated heterocycles. The number of rotatable bonds is 4. The van der Waals surface area contributed by atoms with E-state index in [1.807, 2.05) is 24.3 Å². The summed E-state index contributed by atoms with van der Waals surface area (Å²) in [5, 5.41) is 19.0. The number of hydrogen-bond donors (Lipinski definition) is 4. The number of fused-ring (bicyclic) bond motifs is 1. The molecule has 3 heterocycles. The number of halogens is 3. The molecule has 172 valence electrons. The summed E-state index contributed by atoms with van der Waals surface area (Å²) in [6.45, 7) is 4.13. The van der Waals surface area contributed by atoms with Crippen molar-refractivity contribution in [1.82, 2.24) is 25.5 Å². The smallest absolute Gasteiger partial charge is 0.475 e. The molecule has 4 rings (SSSR count). The van der Waals surface area contributed by atoms with Gasteiger partial charge in [-0.05, 0) is 49.6 Å². The van der Waals surface area contributed by atoms with E-state index in [1.54, 1.807) is 6.20 Å². The molecule has 0 amide bonds. The van der Waals surface area contributed by atoms with Gasteiger partial charge in [0.05, 0.1) is 11.0 Å². The summed E-state index contributed by atoms with van der Waals surface area (Å²) in [4.78, 5) is 28.2. The van der Waals surface area contributed by atoms with Gasteiger partial charge in [-0.2, -0.15) is 18.3 Å². The number of piperidine rings is 1. The lowest BCUT2D eigenvalue weighted by Gasteiger charge is -2.34. The highest BCUT2D eigenvalue weighted by Crippen LogP contribution is 2.21. The Morgan fingerprint density at radius 2 is 1.88 bits per heavy atom. The Bertz CT molecular complexity index is 1090. The van der Waals surface area contributed by atoms with Crippen molar-refractivity contribution in [2.75, 3.05) is 18.0 Å². The molecule has 1 aliphatic heterocycles. The number of imidazole rings is 1. The molecule has 1 aromatic carbocycles. The van der Waals surface area contributed by atoms with Gasteiger partial charge >= 0.3 is 17.8 Å². The van der Waals surface area contributed by atoms with Gasteiger partial charge in [0, 0.05) is 31.4 Å². The fourth-order valence-corrected chi connectivity index (χ4v) is 3.51. The minimum Gasteiger partial charge on any atom is -0.475 e. The number of anilines is 1. The van der Waals surface area contributed by atoms with Crippen LogP contribution in [0.3, 0.4) is 0 Å². The summed E-state index contributed by atoms with van der Waals surface area (Å²) in [5.74, 6) is -1.80. The predicted molar refractivity (Wildman–Crippen MR) is 111 cm³/mol. The number of nitrogens with zero attached hydrogens (tertiary/aromatic N) is 3. The van der Waals surface area contributed by atoms with Crippen LogP contribution in [-0.2, 0) is 4.79 Å². The van der Waals surface area contributed by atoms with Crippen molar-refractivity contribution < 1.29 is 23.1 Å². The summed E-state index contributed by atoms with van der Waals surface area (Å²) >= 11 is 0. The lowest BCUT2D eigenvalue weighted by Crippen LogP contribution is -2.43. The molecule has 1 unspecified atom stereocenters. The van der Waals surface area contributed by atoms with Crippen molar-refractivity contribution >= 4 is 22.8 Å². The van der Waals surface area contributed by atoms with Gasteiger partial charge in [-0.15, -0.1) is 5.10 Å². The molecule has 0 saturated carbocycles. The molecule has 3 aromatic rings. The molecule has 2 aromatic heterocycles. The fourth-order valence-electron chi connectivity index (χ4n) is 3.51. The Morgan fingerprint density at radius 3 is 2.47 bits per heavy atom. The topological polar surface area (TPSA) is 127 Å². The predicted octanol–water partition coefficient (Wildman–Crippen LogP) is 2.60. The number of hydrogen-bond acceptors (Lipinski definition) is 6. The highest BCUT2D eigenvalue weighted by Gasteiger charge is 2.38. The molecule has 0 radical (unpaired) electrons. The molecule has 12 heteroatoms. The number of carboxylic acid groups (broad SMARTS) is 1. The van der Waals surface area contributed by atoms with E-state index in [0.717, 1.165) is 42.8 Å². The molecule has 1 atom stereocenters. The van der Waals surface area contributed by atoms with Crippen LogP contribution in [0.4, 0.5) is 19.0 Å². The van der Waals surface area contributed by atoms with Crippen molar-refractivity contribution in [3.8, 4) is 0 Å². The summed E-state index contributed by atoms with van der Waals surface area (Å²) < 4.78 is 31.7. The normalized spacial score (nSPS) is 15.8. The first-order chi connectivity index (χ1) is 15.1. The molecule has 0 bridgehead atoms. The first-order valence-electron chi connectivity index (χ1n) is 9.94. The van der Waals surface area contributed by atoms with Gasteiger partial charge in [0.1, 0.15) is 0 Å². The Balaban J connectivity index is 0.000000360. The molecule has 32 heavy (non-hydrogen) atoms. The largest absolute Gasteiger partial charge is 0.490 e. The second-order valence-electron chi connectivity index (χ2n) is 7.42. The zero-order valence-corrected chi connectivity index (χ0v) is 17.2. The van der Waals surface area contributed by atoms with E-state index in [0.29, 0.717) is 6.04 Å². The number of benzene rings is 1. The third-order valence-corrected chi connectivity index (χ3v) is 5.15. The number of aliphatic carboxylic acids is 1. The maximum atomic E-state index is 11.4. The monoisotopic (exact) mass is 452 g/mol. The van der Waals surface area contributed by atoms with Crippen LogP contribution in [0.2, 0.25) is 0 Å². The molecule has 4 N–H and O–H groups in total. The number of aromatic amines is 2. The SMILES string of the molecule is CC(NC1CCN(c2cccnn2)CC1)c1ccc2[nH]c(=O)[nH]c2c1.O=C(O)C(F)(F)F. The van der Waals surface area contributed by atoms with Crippen molar-refractivity contribution in [3.63, 3.8) is 0 Å². The van der Waals surface area contributed by atoms with Crippen LogP contribution in [0.1, 0.15) is 31.4 Å². The molecule has 9 nitrogen and oxygen atoms in total. The minimum absolute atomic E-state index is 0.163. The molecular formula is C20H23F3N6O3. The van der Waals surface area contributed by atoms with Crippen LogP contribution in [-0.4, -0.2) is 56.5 Å². The van der Waals surface area contributed by atoms with E-state index in [4.69, 9.17) is 9.90 Å². The number of H-pyrrole nitrogens is 2. The highest BCUT2D eigenvalue weighted by molar-refractivity contribution is 5.75. The molecule has 0 spiro atoms. The Kier molecular flexibility index (Phi) is 7.13. The van der Waals surface area contributed by atoms with E-state index < -0.39 is 12.1 Å². The van der Waals surface area contributed by atoms with Crippen molar-refractivity contribution in [1.29, 1.82) is 0 Å². The van der Waals surface area contributed by atoms with Gasteiger partial charge in [0.15, 0.2) is 5.82 Å². The molecular weight excluding hydrogens is 429 g/mol. The van der Waals surface area contributed by atoms with E-state index in [1.165, 1.54) is 5.56 Å². The Morgan fingerprint density at radius 1 is 1.22 bits per heavy atom. The van der Waals surface area contributed by atoms with Crippen LogP contribution >= 0.6 is 0 Å².